The van der Waals surface area contributed by atoms with Crippen molar-refractivity contribution in [2.24, 2.45) is 5.73 Å². The van der Waals surface area contributed by atoms with E-state index >= 15 is 0 Å². The van der Waals surface area contributed by atoms with Crippen molar-refractivity contribution >= 4 is 34.8 Å². The Kier molecular flexibility index (Phi) is 3.69. The molecule has 1 aromatic carbocycles. The van der Waals surface area contributed by atoms with E-state index in [4.69, 9.17) is 17.3 Å². The van der Waals surface area contributed by atoms with Crippen LogP contribution in [-0.2, 0) is 0 Å². The Morgan fingerprint density at radius 1 is 1.33 bits per heavy atom. The van der Waals surface area contributed by atoms with Gasteiger partial charge in [-0.2, -0.15) is 0 Å². The maximum Gasteiger partial charge on any atom is 0.261 e. The number of halogens is 1. The maximum absolute atomic E-state index is 12.1. The molecule has 1 aromatic heterocycles. The van der Waals surface area contributed by atoms with Crippen molar-refractivity contribution in [3.05, 3.63) is 56.7 Å². The van der Waals surface area contributed by atoms with Gasteiger partial charge < -0.3 is 11.1 Å². The summed E-state index contributed by atoms with van der Waals surface area (Å²) in [6.07, 6.45) is 0.903. The maximum atomic E-state index is 12.1. The molecule has 1 saturated carbocycles. The number of hydrogen-bond acceptors (Lipinski definition) is 3. The molecule has 4 nitrogen and oxygen atoms in total. The van der Waals surface area contributed by atoms with Crippen molar-refractivity contribution in [3.63, 3.8) is 0 Å². The molecule has 0 radical (unpaired) electrons. The molecule has 0 aliphatic heterocycles. The van der Waals surface area contributed by atoms with E-state index in [2.05, 4.69) is 5.32 Å². The Bertz CT molecular complexity index is 713. The van der Waals surface area contributed by atoms with E-state index in [1.165, 1.54) is 17.4 Å². The van der Waals surface area contributed by atoms with Gasteiger partial charge in [0.1, 0.15) is 0 Å². The van der Waals surface area contributed by atoms with Crippen LogP contribution in [0, 0.1) is 0 Å². The molecule has 21 heavy (non-hydrogen) atoms. The first kappa shape index (κ1) is 14.1. The Morgan fingerprint density at radius 3 is 2.81 bits per heavy atom. The number of benzene rings is 1. The van der Waals surface area contributed by atoms with Gasteiger partial charge in [0.2, 0.25) is 5.91 Å². The highest BCUT2D eigenvalue weighted by atomic mass is 35.5. The number of nitrogens with one attached hydrogen (secondary N) is 1. The van der Waals surface area contributed by atoms with E-state index < -0.39 is 5.91 Å². The van der Waals surface area contributed by atoms with Gasteiger partial charge in [-0.25, -0.2) is 0 Å². The van der Waals surface area contributed by atoms with Crippen LogP contribution in [0.1, 0.15) is 37.9 Å². The lowest BCUT2D eigenvalue weighted by Crippen LogP contribution is -2.25. The second-order valence-corrected chi connectivity index (χ2v) is 6.39. The molecule has 1 aliphatic rings. The van der Waals surface area contributed by atoms with Crippen molar-refractivity contribution in [2.75, 3.05) is 0 Å². The second kappa shape index (κ2) is 5.50. The summed E-state index contributed by atoms with van der Waals surface area (Å²) in [5.74, 6) is -0.376. The number of amides is 2. The molecular weight excluding hydrogens is 308 g/mol. The molecule has 2 aromatic rings. The fourth-order valence-corrected chi connectivity index (χ4v) is 3.28. The molecule has 2 amide bonds. The Hall–Kier alpha value is -1.85. The van der Waals surface area contributed by atoms with Gasteiger partial charge in [0.15, 0.2) is 0 Å². The van der Waals surface area contributed by atoms with E-state index in [0.29, 0.717) is 21.4 Å². The van der Waals surface area contributed by atoms with Gasteiger partial charge in [-0.3, -0.25) is 9.59 Å². The molecule has 3 N–H and O–H groups in total. The van der Waals surface area contributed by atoms with Crippen molar-refractivity contribution < 1.29 is 9.59 Å². The third-order valence-electron chi connectivity index (χ3n) is 3.49. The van der Waals surface area contributed by atoms with Gasteiger partial charge >= 0.3 is 0 Å². The molecule has 0 bridgehead atoms. The van der Waals surface area contributed by atoms with Gasteiger partial charge in [0.25, 0.3) is 5.91 Å². The number of nitrogens with two attached hydrogens (primary N) is 1. The van der Waals surface area contributed by atoms with Crippen LogP contribution in [0.2, 0.25) is 5.02 Å². The minimum Gasteiger partial charge on any atom is -0.366 e. The van der Waals surface area contributed by atoms with E-state index in [1.807, 2.05) is 24.3 Å². The summed E-state index contributed by atoms with van der Waals surface area (Å²) < 4.78 is 0. The summed E-state index contributed by atoms with van der Waals surface area (Å²) in [6, 6.07) is 9.33. The molecule has 1 fully saturated rings. The zero-order valence-electron chi connectivity index (χ0n) is 11.0. The minimum atomic E-state index is -0.520. The fraction of sp³-hybridized carbons (Fsp3) is 0.200. The number of primary amides is 1. The first-order valence-corrected chi connectivity index (χ1v) is 7.75. The monoisotopic (exact) mass is 320 g/mol. The number of carbonyl (C=O) groups is 2. The van der Waals surface area contributed by atoms with Crippen molar-refractivity contribution in [1.82, 2.24) is 5.32 Å². The standard InChI is InChI=1S/C15H13ClN2O2S/c16-10-3-1-2-8(4-10)11-6-12(11)18-15(20)13-5-9(7-21-13)14(17)19/h1-5,7,11-12H,6H2,(H2,17,19)(H,18,20)/t11-,12+/m1/s1. The summed E-state index contributed by atoms with van der Waals surface area (Å²) in [6.45, 7) is 0. The average Bonchev–Trinajstić information content (AvgIpc) is 3.01. The highest BCUT2D eigenvalue weighted by Crippen LogP contribution is 2.41. The highest BCUT2D eigenvalue weighted by Gasteiger charge is 2.39. The number of carbonyl (C=O) groups excluding carboxylic acids is 2. The van der Waals surface area contributed by atoms with Crippen molar-refractivity contribution in [2.45, 2.75) is 18.4 Å². The molecule has 1 aliphatic carbocycles. The topological polar surface area (TPSA) is 72.2 Å². The third kappa shape index (κ3) is 3.09. The van der Waals surface area contributed by atoms with Gasteiger partial charge in [0, 0.05) is 22.4 Å². The average molecular weight is 321 g/mol. The lowest BCUT2D eigenvalue weighted by Gasteiger charge is -2.03. The van der Waals surface area contributed by atoms with E-state index in [1.54, 1.807) is 5.38 Å². The van der Waals surface area contributed by atoms with Crippen molar-refractivity contribution in [1.29, 1.82) is 0 Å². The number of rotatable bonds is 4. The van der Waals surface area contributed by atoms with Crippen molar-refractivity contribution in [3.8, 4) is 0 Å². The third-order valence-corrected chi connectivity index (χ3v) is 4.66. The van der Waals surface area contributed by atoms with Crippen LogP contribution in [-0.4, -0.2) is 17.9 Å². The Labute approximate surface area is 130 Å². The van der Waals surface area contributed by atoms with Crippen LogP contribution < -0.4 is 11.1 Å². The highest BCUT2D eigenvalue weighted by molar-refractivity contribution is 7.12. The second-order valence-electron chi connectivity index (χ2n) is 5.04. The van der Waals surface area contributed by atoms with Gasteiger partial charge in [0.05, 0.1) is 10.4 Å². The van der Waals surface area contributed by atoms with Gasteiger partial charge in [-0.05, 0) is 30.2 Å². The quantitative estimate of drug-likeness (QED) is 0.909. The summed E-state index contributed by atoms with van der Waals surface area (Å²) in [4.78, 5) is 23.6. The molecule has 108 valence electrons. The summed E-state index contributed by atoms with van der Waals surface area (Å²) in [5.41, 5.74) is 6.68. The molecular formula is C15H13ClN2O2S. The van der Waals surface area contributed by atoms with E-state index in [9.17, 15) is 9.59 Å². The molecule has 0 spiro atoms. The predicted molar refractivity (Wildman–Crippen MR) is 82.9 cm³/mol. The van der Waals surface area contributed by atoms with Crippen LogP contribution in [0.15, 0.2) is 35.7 Å². The molecule has 1 heterocycles. The molecule has 2 atom stereocenters. The largest absolute Gasteiger partial charge is 0.366 e. The molecule has 3 rings (SSSR count). The van der Waals surface area contributed by atoms with Crippen LogP contribution in [0.4, 0.5) is 0 Å². The SMILES string of the molecule is NC(=O)c1csc(C(=O)N[C@H]2C[C@@H]2c2cccc(Cl)c2)c1. The first-order chi connectivity index (χ1) is 10.0. The zero-order chi connectivity index (χ0) is 15.0. The Morgan fingerprint density at radius 2 is 2.14 bits per heavy atom. The lowest BCUT2D eigenvalue weighted by molar-refractivity contribution is 0.0954. The summed E-state index contributed by atoms with van der Waals surface area (Å²) >= 11 is 7.19. The van der Waals surface area contributed by atoms with Crippen LogP contribution in [0.25, 0.3) is 0 Å². The predicted octanol–water partition coefficient (Wildman–Crippen LogP) is 2.79. The zero-order valence-corrected chi connectivity index (χ0v) is 12.6. The number of thiophene rings is 1. The smallest absolute Gasteiger partial charge is 0.261 e. The molecule has 0 unspecified atom stereocenters. The van der Waals surface area contributed by atoms with Crippen LogP contribution >= 0.6 is 22.9 Å². The molecule has 0 saturated heterocycles. The molecule has 6 heteroatoms. The minimum absolute atomic E-state index is 0.120. The fourth-order valence-electron chi connectivity index (χ4n) is 2.28. The van der Waals surface area contributed by atoms with E-state index in [0.717, 1.165) is 12.0 Å². The number of hydrogen-bond donors (Lipinski definition) is 2. The lowest BCUT2D eigenvalue weighted by atomic mass is 10.1. The Balaban J connectivity index is 1.63. The van der Waals surface area contributed by atoms with Gasteiger partial charge in [-0.15, -0.1) is 11.3 Å². The summed E-state index contributed by atoms with van der Waals surface area (Å²) in [7, 11) is 0. The van der Waals surface area contributed by atoms with E-state index in [-0.39, 0.29) is 11.9 Å². The first-order valence-electron chi connectivity index (χ1n) is 6.49. The van der Waals surface area contributed by atoms with Crippen LogP contribution in [0.5, 0.6) is 0 Å². The van der Waals surface area contributed by atoms with Gasteiger partial charge in [-0.1, -0.05) is 23.7 Å². The van der Waals surface area contributed by atoms with Crippen LogP contribution in [0.3, 0.4) is 0 Å². The normalized spacial score (nSPS) is 20.0. The summed E-state index contributed by atoms with van der Waals surface area (Å²) in [5, 5.41) is 5.27.